The highest BCUT2D eigenvalue weighted by molar-refractivity contribution is 9.10. The molecule has 1 aliphatic rings. The van der Waals surface area contributed by atoms with E-state index >= 15 is 0 Å². The predicted molar refractivity (Wildman–Crippen MR) is 86.9 cm³/mol. The van der Waals surface area contributed by atoms with Crippen LogP contribution in [0.2, 0.25) is 0 Å². The van der Waals surface area contributed by atoms with E-state index < -0.39 is 0 Å². The third-order valence-corrected chi connectivity index (χ3v) is 4.53. The molecule has 1 aliphatic heterocycles. The first-order chi connectivity index (χ1) is 10.5. The number of likely N-dealkylation sites (tertiary alicyclic amines) is 1. The van der Waals surface area contributed by atoms with E-state index in [2.05, 4.69) is 21.2 Å². The number of benzene rings is 1. The van der Waals surface area contributed by atoms with Gasteiger partial charge in [0.05, 0.1) is 5.69 Å². The molecule has 22 heavy (non-hydrogen) atoms. The zero-order valence-corrected chi connectivity index (χ0v) is 14.2. The van der Waals surface area contributed by atoms with Crippen molar-refractivity contribution in [2.75, 3.05) is 18.4 Å². The van der Waals surface area contributed by atoms with E-state index in [0.717, 1.165) is 6.42 Å². The molecule has 0 saturated carbocycles. The van der Waals surface area contributed by atoms with Gasteiger partial charge in [0, 0.05) is 29.9 Å². The van der Waals surface area contributed by atoms with Crippen molar-refractivity contribution in [3.05, 3.63) is 28.5 Å². The van der Waals surface area contributed by atoms with Crippen molar-refractivity contribution in [2.24, 2.45) is 5.92 Å². The number of amides is 2. The van der Waals surface area contributed by atoms with Gasteiger partial charge < -0.3 is 10.2 Å². The van der Waals surface area contributed by atoms with E-state index in [1.807, 2.05) is 11.8 Å². The van der Waals surface area contributed by atoms with Crippen LogP contribution >= 0.6 is 15.9 Å². The van der Waals surface area contributed by atoms with Gasteiger partial charge >= 0.3 is 0 Å². The molecule has 1 aromatic rings. The lowest BCUT2D eigenvalue weighted by atomic mass is 9.95. The summed E-state index contributed by atoms with van der Waals surface area (Å²) in [6, 6.07) is 4.17. The lowest BCUT2D eigenvalue weighted by molar-refractivity contribution is -0.134. The Morgan fingerprint density at radius 1 is 1.36 bits per heavy atom. The maximum atomic E-state index is 13.0. The summed E-state index contributed by atoms with van der Waals surface area (Å²) >= 11 is 3.24. The summed E-state index contributed by atoms with van der Waals surface area (Å²) in [7, 11) is 0. The smallest absolute Gasteiger partial charge is 0.227 e. The Kier molecular flexibility index (Phi) is 5.94. The molecule has 0 radical (unpaired) electrons. The number of nitrogens with zero attached hydrogens (tertiary/aromatic N) is 1. The minimum absolute atomic E-state index is 0.0742. The first-order valence-electron chi connectivity index (χ1n) is 7.55. The highest BCUT2D eigenvalue weighted by Gasteiger charge is 2.27. The van der Waals surface area contributed by atoms with Gasteiger partial charge in [-0.25, -0.2) is 4.39 Å². The maximum Gasteiger partial charge on any atom is 0.227 e. The molecule has 0 aromatic heterocycles. The van der Waals surface area contributed by atoms with Gasteiger partial charge in [-0.05, 0) is 53.4 Å². The van der Waals surface area contributed by atoms with E-state index in [4.69, 9.17) is 0 Å². The van der Waals surface area contributed by atoms with Crippen LogP contribution < -0.4 is 5.32 Å². The molecule has 1 saturated heterocycles. The van der Waals surface area contributed by atoms with Crippen LogP contribution in [0.25, 0.3) is 0 Å². The lowest BCUT2D eigenvalue weighted by Gasteiger charge is -2.31. The van der Waals surface area contributed by atoms with E-state index in [9.17, 15) is 14.0 Å². The Bertz CT molecular complexity index is 557. The molecule has 120 valence electrons. The zero-order chi connectivity index (χ0) is 16.1. The normalized spacial score (nSPS) is 15.7. The molecule has 2 rings (SSSR count). The number of nitrogens with one attached hydrogen (secondary N) is 1. The second-order valence-corrected chi connectivity index (χ2v) is 6.37. The number of rotatable bonds is 4. The second kappa shape index (κ2) is 7.72. The van der Waals surface area contributed by atoms with Crippen LogP contribution in [-0.2, 0) is 9.59 Å². The van der Waals surface area contributed by atoms with Crippen LogP contribution in [0.5, 0.6) is 0 Å². The van der Waals surface area contributed by atoms with Crippen LogP contribution in [0.4, 0.5) is 10.1 Å². The molecule has 0 spiro atoms. The highest BCUT2D eigenvalue weighted by atomic mass is 79.9. The third-order valence-electron chi connectivity index (χ3n) is 3.87. The van der Waals surface area contributed by atoms with Crippen molar-refractivity contribution < 1.29 is 14.0 Å². The molecule has 0 unspecified atom stereocenters. The average molecular weight is 371 g/mol. The van der Waals surface area contributed by atoms with Crippen molar-refractivity contribution in [1.82, 2.24) is 4.90 Å². The number of hydrogen-bond donors (Lipinski definition) is 1. The van der Waals surface area contributed by atoms with Crippen molar-refractivity contribution in [3.8, 4) is 0 Å². The van der Waals surface area contributed by atoms with Crippen LogP contribution in [0.3, 0.4) is 0 Å². The van der Waals surface area contributed by atoms with Crippen molar-refractivity contribution in [2.45, 2.75) is 32.6 Å². The van der Waals surface area contributed by atoms with Gasteiger partial charge in [0.25, 0.3) is 0 Å². The number of piperidine rings is 1. The number of hydrogen-bond acceptors (Lipinski definition) is 2. The van der Waals surface area contributed by atoms with Gasteiger partial charge in [0.1, 0.15) is 5.82 Å². The molecule has 0 atom stereocenters. The summed E-state index contributed by atoms with van der Waals surface area (Å²) in [5.74, 6) is -0.368. The molecule has 0 bridgehead atoms. The van der Waals surface area contributed by atoms with Gasteiger partial charge in [-0.1, -0.05) is 6.92 Å². The summed E-state index contributed by atoms with van der Waals surface area (Å²) in [6.07, 6.45) is 2.75. The summed E-state index contributed by atoms with van der Waals surface area (Å²) in [5.41, 5.74) is 0.566. The topological polar surface area (TPSA) is 49.4 Å². The quantitative estimate of drug-likeness (QED) is 0.880. The second-order valence-electron chi connectivity index (χ2n) is 5.52. The Hall–Kier alpha value is -1.43. The van der Waals surface area contributed by atoms with Gasteiger partial charge in [-0.2, -0.15) is 0 Å². The molecule has 1 fully saturated rings. The standard InChI is InChI=1S/C16H20BrFN2O2/c1-2-3-15(21)20-8-6-11(7-9-20)16(22)19-14-5-4-12(18)10-13(14)17/h4-5,10-11H,2-3,6-9H2,1H3,(H,19,22). The van der Waals surface area contributed by atoms with Crippen LogP contribution in [0.15, 0.2) is 22.7 Å². The number of carbonyl (C=O) groups is 2. The summed E-state index contributed by atoms with van der Waals surface area (Å²) < 4.78 is 13.6. The zero-order valence-electron chi connectivity index (χ0n) is 12.6. The van der Waals surface area contributed by atoms with E-state index in [1.54, 1.807) is 0 Å². The SMILES string of the molecule is CCCC(=O)N1CCC(C(=O)Nc2ccc(F)cc2Br)CC1. The van der Waals surface area contributed by atoms with Gasteiger partial charge in [-0.15, -0.1) is 0 Å². The first kappa shape index (κ1) is 16.9. The van der Waals surface area contributed by atoms with E-state index in [1.165, 1.54) is 18.2 Å². The fraction of sp³-hybridized carbons (Fsp3) is 0.500. The van der Waals surface area contributed by atoms with Crippen LogP contribution in [0.1, 0.15) is 32.6 Å². The van der Waals surface area contributed by atoms with Crippen molar-refractivity contribution in [3.63, 3.8) is 0 Å². The third kappa shape index (κ3) is 4.29. The van der Waals surface area contributed by atoms with Crippen LogP contribution in [-0.4, -0.2) is 29.8 Å². The summed E-state index contributed by atoms with van der Waals surface area (Å²) in [5, 5.41) is 2.82. The maximum absolute atomic E-state index is 13.0. The van der Waals surface area contributed by atoms with Crippen LogP contribution in [0, 0.1) is 11.7 Å². The summed E-state index contributed by atoms with van der Waals surface area (Å²) in [6.45, 7) is 3.24. The first-order valence-corrected chi connectivity index (χ1v) is 8.34. The molecule has 6 heteroatoms. The van der Waals surface area contributed by atoms with Gasteiger partial charge in [0.15, 0.2) is 0 Å². The molecular formula is C16H20BrFN2O2. The average Bonchev–Trinajstić information content (AvgIpc) is 2.50. The Morgan fingerprint density at radius 3 is 2.64 bits per heavy atom. The van der Waals surface area contributed by atoms with Crippen molar-refractivity contribution >= 4 is 33.4 Å². The van der Waals surface area contributed by atoms with Gasteiger partial charge in [0.2, 0.25) is 11.8 Å². The molecular weight excluding hydrogens is 351 g/mol. The monoisotopic (exact) mass is 370 g/mol. The highest BCUT2D eigenvalue weighted by Crippen LogP contribution is 2.25. The molecule has 0 aliphatic carbocycles. The van der Waals surface area contributed by atoms with Crippen molar-refractivity contribution in [1.29, 1.82) is 0 Å². The predicted octanol–water partition coefficient (Wildman–Crippen LogP) is 3.57. The number of halogens is 2. The Labute approximate surface area is 138 Å². The Balaban J connectivity index is 1.88. The minimum atomic E-state index is -0.354. The fourth-order valence-electron chi connectivity index (χ4n) is 2.59. The number of anilines is 1. The molecule has 4 nitrogen and oxygen atoms in total. The number of carbonyl (C=O) groups excluding carboxylic acids is 2. The lowest BCUT2D eigenvalue weighted by Crippen LogP contribution is -2.41. The molecule has 1 N–H and O–H groups in total. The largest absolute Gasteiger partial charge is 0.343 e. The molecule has 2 amide bonds. The fourth-order valence-corrected chi connectivity index (χ4v) is 3.04. The van der Waals surface area contributed by atoms with E-state index in [-0.39, 0.29) is 23.5 Å². The van der Waals surface area contributed by atoms with E-state index in [0.29, 0.717) is 42.5 Å². The molecule has 1 aromatic carbocycles. The van der Waals surface area contributed by atoms with Gasteiger partial charge in [-0.3, -0.25) is 9.59 Å². The summed E-state index contributed by atoms with van der Waals surface area (Å²) in [4.78, 5) is 25.9. The minimum Gasteiger partial charge on any atom is -0.343 e. The Morgan fingerprint density at radius 2 is 2.05 bits per heavy atom. The molecule has 1 heterocycles.